The smallest absolute Gasteiger partial charge is 0.270 e. The number of nitro benzene ring substituents is 1. The first-order chi connectivity index (χ1) is 8.93. The fraction of sp³-hybridized carbons (Fsp3) is 0.417. The number of hydrogen-bond acceptors (Lipinski definition) is 4. The SMILES string of the molecule is COCC(Cl)CNC(=O)c1cc(C)cc([N+](=O)[O-])c1. The molecular formula is C12H15ClN2O4. The van der Waals surface area contributed by atoms with Gasteiger partial charge in [0.1, 0.15) is 0 Å². The molecule has 0 aliphatic heterocycles. The predicted molar refractivity (Wildman–Crippen MR) is 71.7 cm³/mol. The van der Waals surface area contributed by atoms with E-state index in [9.17, 15) is 14.9 Å². The maximum absolute atomic E-state index is 11.8. The lowest BCUT2D eigenvalue weighted by molar-refractivity contribution is -0.384. The second-order valence-corrected chi connectivity index (χ2v) is 4.69. The van der Waals surface area contributed by atoms with Crippen molar-refractivity contribution in [2.45, 2.75) is 12.3 Å². The molecule has 1 atom stereocenters. The van der Waals surface area contributed by atoms with E-state index in [1.54, 1.807) is 13.0 Å². The normalized spacial score (nSPS) is 11.9. The topological polar surface area (TPSA) is 81.5 Å². The van der Waals surface area contributed by atoms with Crippen molar-refractivity contribution in [2.75, 3.05) is 20.3 Å². The van der Waals surface area contributed by atoms with E-state index in [1.807, 2.05) is 0 Å². The molecule has 0 fully saturated rings. The number of alkyl halides is 1. The highest BCUT2D eigenvalue weighted by Gasteiger charge is 2.14. The van der Waals surface area contributed by atoms with Gasteiger partial charge in [0, 0.05) is 31.4 Å². The Labute approximate surface area is 115 Å². The molecule has 0 spiro atoms. The number of nitrogens with zero attached hydrogens (tertiary/aromatic N) is 1. The van der Waals surface area contributed by atoms with Gasteiger partial charge in [0.15, 0.2) is 0 Å². The average molecular weight is 287 g/mol. The summed E-state index contributed by atoms with van der Waals surface area (Å²) in [5.41, 5.74) is 0.788. The van der Waals surface area contributed by atoms with Crippen molar-refractivity contribution in [1.29, 1.82) is 0 Å². The molecule has 1 amide bonds. The molecule has 7 heteroatoms. The number of nitro groups is 1. The van der Waals surface area contributed by atoms with Gasteiger partial charge in [-0.1, -0.05) is 0 Å². The Kier molecular flexibility index (Phi) is 5.72. The number of ether oxygens (including phenoxy) is 1. The second kappa shape index (κ2) is 7.06. The standard InChI is InChI=1S/C12H15ClN2O4/c1-8-3-9(5-11(4-8)15(17)18)12(16)14-6-10(13)7-19-2/h3-5,10H,6-7H2,1-2H3,(H,14,16). The third-order valence-electron chi connectivity index (χ3n) is 2.37. The third-order valence-corrected chi connectivity index (χ3v) is 2.65. The molecule has 0 heterocycles. The van der Waals surface area contributed by atoms with E-state index in [0.717, 1.165) is 0 Å². The molecule has 1 rings (SSSR count). The van der Waals surface area contributed by atoms with Crippen LogP contribution in [0, 0.1) is 17.0 Å². The second-order valence-electron chi connectivity index (χ2n) is 4.08. The lowest BCUT2D eigenvalue weighted by Crippen LogP contribution is -2.31. The highest BCUT2D eigenvalue weighted by molar-refractivity contribution is 6.21. The van der Waals surface area contributed by atoms with Gasteiger partial charge in [0.05, 0.1) is 16.9 Å². The van der Waals surface area contributed by atoms with E-state index in [4.69, 9.17) is 16.3 Å². The molecule has 0 saturated carbocycles. The molecule has 0 aromatic heterocycles. The lowest BCUT2D eigenvalue weighted by Gasteiger charge is -2.10. The summed E-state index contributed by atoms with van der Waals surface area (Å²) in [5, 5.41) is 13.0. The van der Waals surface area contributed by atoms with Crippen molar-refractivity contribution in [3.05, 3.63) is 39.4 Å². The van der Waals surface area contributed by atoms with Crippen molar-refractivity contribution in [2.24, 2.45) is 0 Å². The van der Waals surface area contributed by atoms with Crippen LogP contribution in [-0.4, -0.2) is 36.5 Å². The summed E-state index contributed by atoms with van der Waals surface area (Å²) in [6.07, 6.45) is 0. The van der Waals surface area contributed by atoms with Crippen LogP contribution in [-0.2, 0) is 4.74 Å². The largest absolute Gasteiger partial charge is 0.383 e. The average Bonchev–Trinajstić information content (AvgIpc) is 2.35. The van der Waals surface area contributed by atoms with Gasteiger partial charge in [-0.15, -0.1) is 11.6 Å². The maximum atomic E-state index is 11.8. The Balaban J connectivity index is 2.74. The number of hydrogen-bond donors (Lipinski definition) is 1. The van der Waals surface area contributed by atoms with E-state index in [1.165, 1.54) is 19.2 Å². The molecule has 1 aromatic carbocycles. The van der Waals surface area contributed by atoms with E-state index in [2.05, 4.69) is 5.32 Å². The molecule has 0 saturated heterocycles. The molecule has 19 heavy (non-hydrogen) atoms. The summed E-state index contributed by atoms with van der Waals surface area (Å²) < 4.78 is 4.84. The molecule has 1 aromatic rings. The Morgan fingerprint density at radius 2 is 2.21 bits per heavy atom. The number of non-ortho nitro benzene ring substituents is 1. The summed E-state index contributed by atoms with van der Waals surface area (Å²) >= 11 is 5.88. The molecule has 104 valence electrons. The zero-order chi connectivity index (χ0) is 14.4. The van der Waals surface area contributed by atoms with Crippen LogP contribution in [0.3, 0.4) is 0 Å². The molecule has 1 N–H and O–H groups in total. The number of halogens is 1. The van der Waals surface area contributed by atoms with Gasteiger partial charge in [-0.3, -0.25) is 14.9 Å². The summed E-state index contributed by atoms with van der Waals surface area (Å²) in [6, 6.07) is 4.23. The number of aryl methyl sites for hydroxylation is 1. The van der Waals surface area contributed by atoms with Gasteiger partial charge in [0.2, 0.25) is 0 Å². The van der Waals surface area contributed by atoms with E-state index in [0.29, 0.717) is 12.2 Å². The fourth-order valence-electron chi connectivity index (χ4n) is 1.54. The van der Waals surface area contributed by atoms with Crippen molar-refractivity contribution >= 4 is 23.2 Å². The molecule has 1 unspecified atom stereocenters. The minimum atomic E-state index is -0.529. The van der Waals surface area contributed by atoms with Crippen molar-refractivity contribution < 1.29 is 14.5 Å². The van der Waals surface area contributed by atoms with Crippen molar-refractivity contribution in [3.63, 3.8) is 0 Å². The fourth-order valence-corrected chi connectivity index (χ4v) is 1.75. The Morgan fingerprint density at radius 1 is 1.53 bits per heavy atom. The first-order valence-corrected chi connectivity index (χ1v) is 6.05. The van der Waals surface area contributed by atoms with Gasteiger partial charge >= 0.3 is 0 Å². The van der Waals surface area contributed by atoms with Crippen LogP contribution in [0.15, 0.2) is 18.2 Å². The monoisotopic (exact) mass is 286 g/mol. The summed E-state index contributed by atoms with van der Waals surface area (Å²) in [5.74, 6) is -0.395. The number of carbonyl (C=O) groups excluding carboxylic acids is 1. The Morgan fingerprint density at radius 3 is 2.79 bits per heavy atom. The highest BCUT2D eigenvalue weighted by atomic mass is 35.5. The van der Waals surface area contributed by atoms with Crippen LogP contribution < -0.4 is 5.32 Å². The molecule has 0 aliphatic carbocycles. The first-order valence-electron chi connectivity index (χ1n) is 5.61. The summed E-state index contributed by atoms with van der Waals surface area (Å²) in [6.45, 7) is 2.24. The van der Waals surface area contributed by atoms with Gasteiger partial charge in [0.25, 0.3) is 11.6 Å². The Bertz CT molecular complexity index is 479. The van der Waals surface area contributed by atoms with Gasteiger partial charge in [-0.25, -0.2) is 0 Å². The number of carbonyl (C=O) groups is 1. The Hall–Kier alpha value is -1.66. The number of methoxy groups -OCH3 is 1. The van der Waals surface area contributed by atoms with E-state index in [-0.39, 0.29) is 23.2 Å². The van der Waals surface area contributed by atoms with Crippen molar-refractivity contribution in [1.82, 2.24) is 5.32 Å². The van der Waals surface area contributed by atoms with Crippen LogP contribution in [0.5, 0.6) is 0 Å². The number of nitrogens with one attached hydrogen (secondary N) is 1. The summed E-state index contributed by atoms with van der Waals surface area (Å²) in [7, 11) is 1.51. The first kappa shape index (κ1) is 15.4. The third kappa shape index (κ3) is 4.84. The van der Waals surface area contributed by atoms with Crippen LogP contribution in [0.25, 0.3) is 0 Å². The molecule has 6 nitrogen and oxygen atoms in total. The minimum absolute atomic E-state index is 0.107. The molecule has 0 aliphatic rings. The molecule has 0 bridgehead atoms. The highest BCUT2D eigenvalue weighted by Crippen LogP contribution is 2.16. The van der Waals surface area contributed by atoms with Crippen LogP contribution >= 0.6 is 11.6 Å². The molecular weight excluding hydrogens is 272 g/mol. The van der Waals surface area contributed by atoms with Crippen LogP contribution in [0.2, 0.25) is 0 Å². The number of rotatable bonds is 6. The van der Waals surface area contributed by atoms with Crippen LogP contribution in [0.1, 0.15) is 15.9 Å². The van der Waals surface area contributed by atoms with Crippen molar-refractivity contribution in [3.8, 4) is 0 Å². The number of benzene rings is 1. The zero-order valence-electron chi connectivity index (χ0n) is 10.7. The lowest BCUT2D eigenvalue weighted by atomic mass is 10.1. The molecule has 0 radical (unpaired) electrons. The minimum Gasteiger partial charge on any atom is -0.383 e. The predicted octanol–water partition coefficient (Wildman–Crippen LogP) is 1.89. The zero-order valence-corrected chi connectivity index (χ0v) is 11.4. The quantitative estimate of drug-likeness (QED) is 0.492. The summed E-state index contributed by atoms with van der Waals surface area (Å²) in [4.78, 5) is 22.0. The van der Waals surface area contributed by atoms with Gasteiger partial charge in [-0.2, -0.15) is 0 Å². The maximum Gasteiger partial charge on any atom is 0.270 e. The van der Waals surface area contributed by atoms with Gasteiger partial charge in [-0.05, 0) is 18.6 Å². The van der Waals surface area contributed by atoms with E-state index < -0.39 is 10.8 Å². The number of amides is 1. The van der Waals surface area contributed by atoms with E-state index >= 15 is 0 Å². The van der Waals surface area contributed by atoms with Crippen LogP contribution in [0.4, 0.5) is 5.69 Å². The van der Waals surface area contributed by atoms with Gasteiger partial charge < -0.3 is 10.1 Å².